The van der Waals surface area contributed by atoms with Crippen LogP contribution in [0.25, 0.3) is 0 Å². The second-order valence-corrected chi connectivity index (χ2v) is 19.3. The second kappa shape index (κ2) is 26.1. The zero-order valence-corrected chi connectivity index (χ0v) is 39.3. The van der Waals surface area contributed by atoms with Gasteiger partial charge in [-0.3, -0.25) is 19.1 Å². The summed E-state index contributed by atoms with van der Waals surface area (Å²) in [5, 5.41) is 13.8. The smallest absolute Gasteiger partial charge is 0.329 e. The molecule has 0 radical (unpaired) electrons. The van der Waals surface area contributed by atoms with Crippen LogP contribution in [0.15, 0.2) is 65.7 Å². The molecular weight excluding hydrogens is 868 g/mol. The molecule has 0 aliphatic rings. The molecule has 0 bridgehead atoms. The van der Waals surface area contributed by atoms with E-state index >= 15 is 0 Å². The number of hydrogen-bond donors (Lipinski definition) is 4. The summed E-state index contributed by atoms with van der Waals surface area (Å²) in [7, 11) is -4.05. The number of rotatable bonds is 30. The summed E-state index contributed by atoms with van der Waals surface area (Å²) in [5.41, 5.74) is -0.631. The number of nitrogens with zero attached hydrogens (tertiary/aromatic N) is 1. The minimum absolute atomic E-state index is 0.000616. The van der Waals surface area contributed by atoms with Gasteiger partial charge in [-0.25, -0.2) is 22.6 Å². The quantitative estimate of drug-likeness (QED) is 0.0425. The Balaban J connectivity index is 1.35. The van der Waals surface area contributed by atoms with Crippen LogP contribution < -0.4 is 20.1 Å². The summed E-state index contributed by atoms with van der Waals surface area (Å²) >= 11 is 0. The zero-order valence-electron chi connectivity index (χ0n) is 38.5. The van der Waals surface area contributed by atoms with Crippen LogP contribution >= 0.6 is 0 Å². The van der Waals surface area contributed by atoms with E-state index in [1.807, 2.05) is 34.6 Å². The van der Waals surface area contributed by atoms with Crippen molar-refractivity contribution in [3.63, 3.8) is 0 Å². The van der Waals surface area contributed by atoms with E-state index in [0.717, 1.165) is 19.3 Å². The highest BCUT2D eigenvalue weighted by Crippen LogP contribution is 2.39. The minimum atomic E-state index is -4.05. The number of carbonyl (C=O) groups excluding carboxylic acids is 3. The van der Waals surface area contributed by atoms with E-state index in [1.54, 1.807) is 6.07 Å². The van der Waals surface area contributed by atoms with Crippen LogP contribution in [0.4, 0.5) is 10.2 Å². The SMILES string of the molecule is CC(C)(CCCCc1cc(Oc2ccc(S(=O)(=O)Nc3ccc(C(=O)NCCOCCOCC(=O)NCCOCCOCC(=O)O)cn3)cc2)ccc1F)CC(C)(C)C(=O)OC(C)(C)C. The lowest BCUT2D eigenvalue weighted by Crippen LogP contribution is -2.36. The van der Waals surface area contributed by atoms with Crippen molar-refractivity contribution in [2.75, 3.05) is 70.7 Å². The van der Waals surface area contributed by atoms with Crippen LogP contribution in [-0.2, 0) is 54.5 Å². The molecule has 4 N–H and O–H groups in total. The topological polar surface area (TPSA) is 227 Å². The molecule has 3 aromatic rings. The van der Waals surface area contributed by atoms with E-state index in [-0.39, 0.29) is 98.7 Å². The second-order valence-electron chi connectivity index (χ2n) is 17.6. The molecule has 0 aliphatic heterocycles. The van der Waals surface area contributed by atoms with Crippen molar-refractivity contribution in [2.24, 2.45) is 10.8 Å². The molecule has 1 aromatic heterocycles. The lowest BCUT2D eigenvalue weighted by molar-refractivity contribution is -0.167. The Hall–Kier alpha value is -5.21. The summed E-state index contributed by atoms with van der Waals surface area (Å²) in [4.78, 5) is 51.5. The van der Waals surface area contributed by atoms with Gasteiger partial charge in [-0.05, 0) is 126 Å². The molecule has 65 heavy (non-hydrogen) atoms. The lowest BCUT2D eigenvalue weighted by Gasteiger charge is -2.35. The Morgan fingerprint density at radius 1 is 0.738 bits per heavy atom. The summed E-state index contributed by atoms with van der Waals surface area (Å²) in [6, 6.07) is 13.0. The van der Waals surface area contributed by atoms with Crippen LogP contribution in [0.1, 0.15) is 90.1 Å². The van der Waals surface area contributed by atoms with Gasteiger partial charge in [0.15, 0.2) is 0 Å². The van der Waals surface area contributed by atoms with E-state index in [1.165, 1.54) is 54.7 Å². The number of ether oxygens (including phenoxy) is 6. The van der Waals surface area contributed by atoms with Gasteiger partial charge in [0.2, 0.25) is 5.91 Å². The number of carboxylic acids is 1. The molecule has 2 amide bonds. The van der Waals surface area contributed by atoms with Gasteiger partial charge in [0, 0.05) is 19.3 Å². The molecule has 0 fully saturated rings. The third-order valence-corrected chi connectivity index (χ3v) is 10.7. The van der Waals surface area contributed by atoms with Gasteiger partial charge in [-0.15, -0.1) is 0 Å². The molecule has 0 saturated carbocycles. The third-order valence-electron chi connectivity index (χ3n) is 9.38. The van der Waals surface area contributed by atoms with Crippen molar-refractivity contribution < 1.29 is 65.5 Å². The number of aryl methyl sites for hydroxylation is 1. The summed E-state index contributed by atoms with van der Waals surface area (Å²) in [5.74, 6) is -1.66. The number of unbranched alkanes of at least 4 members (excludes halogenated alkanes) is 1. The highest BCUT2D eigenvalue weighted by molar-refractivity contribution is 7.92. The van der Waals surface area contributed by atoms with Crippen molar-refractivity contribution in [2.45, 2.75) is 91.1 Å². The van der Waals surface area contributed by atoms with Crippen molar-refractivity contribution in [1.82, 2.24) is 15.6 Å². The van der Waals surface area contributed by atoms with E-state index in [0.29, 0.717) is 29.9 Å². The van der Waals surface area contributed by atoms with Crippen molar-refractivity contribution in [3.8, 4) is 11.5 Å². The van der Waals surface area contributed by atoms with Gasteiger partial charge in [0.25, 0.3) is 15.9 Å². The normalized spacial score (nSPS) is 12.1. The van der Waals surface area contributed by atoms with Crippen molar-refractivity contribution in [3.05, 3.63) is 77.7 Å². The Morgan fingerprint density at radius 3 is 1.97 bits per heavy atom. The Morgan fingerprint density at radius 2 is 1.35 bits per heavy atom. The fourth-order valence-electron chi connectivity index (χ4n) is 6.52. The van der Waals surface area contributed by atoms with Crippen LogP contribution in [0, 0.1) is 16.6 Å². The molecule has 360 valence electrons. The zero-order chi connectivity index (χ0) is 48.1. The number of amides is 2. The number of carboxylic acid groups (broad SMARTS) is 1. The van der Waals surface area contributed by atoms with Gasteiger partial charge < -0.3 is 44.2 Å². The molecular formula is C46H65FN4O13S. The number of halogens is 1. The molecule has 0 atom stereocenters. The first kappa shape index (κ1) is 54.1. The molecule has 0 unspecified atom stereocenters. The van der Waals surface area contributed by atoms with E-state index in [9.17, 15) is 32.0 Å². The van der Waals surface area contributed by atoms with Crippen LogP contribution in [0.3, 0.4) is 0 Å². The fraction of sp³-hybridized carbons (Fsp3) is 0.543. The average molecular weight is 933 g/mol. The monoisotopic (exact) mass is 932 g/mol. The third kappa shape index (κ3) is 21.6. The standard InChI is InChI=1S/C46H65FN4O13S/c1-44(2,3)64-43(56)46(6,7)32-45(4,5)19-9-8-10-33-28-36(14-17-38(33)47)63-35-12-15-37(16-13-35)65(57,58)51-39-18-11-34(29-50-39)42(55)49-21-23-60-24-26-61-30-40(52)48-20-22-59-25-27-62-31-41(53)54/h11-18,28-29H,8-10,19-27,30-32H2,1-7H3,(H,48,52)(H,49,55)(H,50,51)(H,53,54). The van der Waals surface area contributed by atoms with E-state index in [2.05, 4.69) is 34.2 Å². The summed E-state index contributed by atoms with van der Waals surface area (Å²) in [6.07, 6.45) is 4.80. The van der Waals surface area contributed by atoms with Gasteiger partial charge in [-0.1, -0.05) is 20.3 Å². The van der Waals surface area contributed by atoms with Crippen LogP contribution in [0.2, 0.25) is 0 Å². The number of nitrogens with one attached hydrogen (secondary N) is 3. The summed E-state index contributed by atoms with van der Waals surface area (Å²) in [6.45, 7) is 14.6. The maximum atomic E-state index is 14.8. The Kier molecular flexibility index (Phi) is 21.7. The number of esters is 1. The van der Waals surface area contributed by atoms with Crippen LogP contribution in [-0.4, -0.2) is 114 Å². The fourth-order valence-corrected chi connectivity index (χ4v) is 7.53. The van der Waals surface area contributed by atoms with E-state index < -0.39 is 39.5 Å². The summed E-state index contributed by atoms with van der Waals surface area (Å²) < 4.78 is 75.7. The predicted octanol–water partition coefficient (Wildman–Crippen LogP) is 6.31. The highest BCUT2D eigenvalue weighted by Gasteiger charge is 2.37. The molecule has 3 rings (SSSR count). The number of sulfonamides is 1. The number of pyridine rings is 1. The predicted molar refractivity (Wildman–Crippen MR) is 240 cm³/mol. The average Bonchev–Trinajstić information content (AvgIpc) is 3.21. The van der Waals surface area contributed by atoms with Gasteiger partial charge >= 0.3 is 11.9 Å². The number of anilines is 1. The number of aliphatic carboxylic acids is 1. The molecule has 19 heteroatoms. The van der Waals surface area contributed by atoms with Gasteiger partial charge in [-0.2, -0.15) is 0 Å². The number of aromatic nitrogens is 1. The molecule has 17 nitrogen and oxygen atoms in total. The maximum absolute atomic E-state index is 14.8. The van der Waals surface area contributed by atoms with E-state index in [4.69, 9.17) is 33.5 Å². The van der Waals surface area contributed by atoms with Crippen molar-refractivity contribution >= 4 is 39.6 Å². The lowest BCUT2D eigenvalue weighted by atomic mass is 9.72. The molecule has 2 aromatic carbocycles. The Bertz CT molecular complexity index is 2090. The van der Waals surface area contributed by atoms with Gasteiger partial charge in [0.05, 0.1) is 55.5 Å². The number of carbonyl (C=O) groups is 4. The molecule has 0 saturated heterocycles. The first-order chi connectivity index (χ1) is 30.5. The molecule has 0 spiro atoms. The van der Waals surface area contributed by atoms with Crippen LogP contribution in [0.5, 0.6) is 11.5 Å². The first-order valence-electron chi connectivity index (χ1n) is 21.4. The largest absolute Gasteiger partial charge is 0.480 e. The maximum Gasteiger partial charge on any atom is 0.329 e. The first-order valence-corrected chi connectivity index (χ1v) is 22.9. The number of benzene rings is 2. The number of hydrogen-bond acceptors (Lipinski definition) is 13. The minimum Gasteiger partial charge on any atom is -0.480 e. The molecule has 1 heterocycles. The van der Waals surface area contributed by atoms with Crippen molar-refractivity contribution in [1.29, 1.82) is 0 Å². The Labute approximate surface area is 381 Å². The molecule has 0 aliphatic carbocycles. The highest BCUT2D eigenvalue weighted by atomic mass is 32.2. The van der Waals surface area contributed by atoms with Gasteiger partial charge in [0.1, 0.15) is 41.9 Å².